The van der Waals surface area contributed by atoms with Gasteiger partial charge in [0.05, 0.1) is 0 Å². The fourth-order valence-corrected chi connectivity index (χ4v) is 2.61. The quantitative estimate of drug-likeness (QED) is 0.558. The molecule has 1 rings (SSSR count). The van der Waals surface area contributed by atoms with Gasteiger partial charge in [-0.1, -0.05) is 29.8 Å². The van der Waals surface area contributed by atoms with Crippen LogP contribution in [-0.4, -0.2) is 42.1 Å². The summed E-state index contributed by atoms with van der Waals surface area (Å²) in [6, 6.07) is 5.40. The van der Waals surface area contributed by atoms with E-state index in [1.54, 1.807) is 18.2 Å². The summed E-state index contributed by atoms with van der Waals surface area (Å²) in [6.07, 6.45) is 1.22. The molecule has 0 unspecified atom stereocenters. The van der Waals surface area contributed by atoms with Crippen molar-refractivity contribution in [2.24, 2.45) is 5.73 Å². The Bertz CT molecular complexity index is 615. The first-order valence-electron chi connectivity index (χ1n) is 7.61. The van der Waals surface area contributed by atoms with Crippen LogP contribution in [0.1, 0.15) is 18.9 Å². The van der Waals surface area contributed by atoms with E-state index in [9.17, 15) is 14.4 Å². The number of halogens is 1. The number of hydrogen-bond donors (Lipinski definition) is 3. The third-order valence-corrected chi connectivity index (χ3v) is 4.30. The van der Waals surface area contributed by atoms with Crippen molar-refractivity contribution in [3.63, 3.8) is 0 Å². The van der Waals surface area contributed by atoms with Gasteiger partial charge in [0, 0.05) is 11.6 Å². The van der Waals surface area contributed by atoms with Gasteiger partial charge in [0.25, 0.3) is 5.91 Å². The van der Waals surface area contributed by atoms with Crippen molar-refractivity contribution >= 4 is 41.3 Å². The first kappa shape index (κ1) is 21.1. The van der Waals surface area contributed by atoms with Crippen LogP contribution < -0.4 is 16.4 Å². The van der Waals surface area contributed by atoms with Gasteiger partial charge in [-0.3, -0.25) is 4.79 Å². The van der Waals surface area contributed by atoms with Crippen molar-refractivity contribution in [2.45, 2.75) is 32.0 Å². The van der Waals surface area contributed by atoms with Crippen LogP contribution in [0.15, 0.2) is 24.3 Å². The molecule has 1 aromatic carbocycles. The Kier molecular flexibility index (Phi) is 9.15. The summed E-state index contributed by atoms with van der Waals surface area (Å²) in [4.78, 5) is 35.2. The maximum absolute atomic E-state index is 12.1. The molecule has 1 aromatic rings. The van der Waals surface area contributed by atoms with E-state index in [4.69, 9.17) is 22.1 Å². The highest BCUT2D eigenvalue weighted by Gasteiger charge is 2.25. The number of ether oxygens (including phenoxy) is 1. The van der Waals surface area contributed by atoms with E-state index >= 15 is 0 Å². The number of carbonyl (C=O) groups excluding carboxylic acids is 3. The summed E-state index contributed by atoms with van der Waals surface area (Å²) in [6.45, 7) is 1.67. The number of amides is 3. The topological polar surface area (TPSA) is 111 Å². The lowest BCUT2D eigenvalue weighted by atomic mass is 10.2. The van der Waals surface area contributed by atoms with Crippen molar-refractivity contribution in [1.29, 1.82) is 0 Å². The van der Waals surface area contributed by atoms with Crippen LogP contribution in [0.3, 0.4) is 0 Å². The van der Waals surface area contributed by atoms with Gasteiger partial charge in [-0.15, -0.1) is 0 Å². The number of primary amides is 1. The fraction of sp³-hybridized carbons (Fsp3) is 0.438. The van der Waals surface area contributed by atoms with Crippen molar-refractivity contribution in [3.8, 4) is 0 Å². The van der Waals surface area contributed by atoms with Gasteiger partial charge in [-0.25, -0.2) is 9.59 Å². The number of hydrogen-bond acceptors (Lipinski definition) is 5. The standard InChI is InChI=1S/C16H22ClN3O4S/c1-10(14(21)19-9-11-5-3-4-6-12(11)17)24-15(22)13(7-8-25-2)20-16(18)23/h3-6,10,13H,7-9H2,1-2H3,(H,19,21)(H3,18,20,23)/t10-,13+/m0/s1. The molecule has 7 nitrogen and oxygen atoms in total. The van der Waals surface area contributed by atoms with E-state index in [1.807, 2.05) is 12.3 Å². The Balaban J connectivity index is 2.55. The third-order valence-electron chi connectivity index (χ3n) is 3.28. The normalized spacial score (nSPS) is 12.8. The predicted octanol–water partition coefficient (Wildman–Crippen LogP) is 1.68. The number of nitrogens with one attached hydrogen (secondary N) is 2. The summed E-state index contributed by atoms with van der Waals surface area (Å²) in [5.74, 6) is -0.531. The molecule has 0 heterocycles. The predicted molar refractivity (Wildman–Crippen MR) is 98.4 cm³/mol. The number of thioether (sulfide) groups is 1. The van der Waals surface area contributed by atoms with E-state index in [2.05, 4.69) is 10.6 Å². The molecule has 138 valence electrons. The average molecular weight is 388 g/mol. The molecule has 0 aliphatic rings. The van der Waals surface area contributed by atoms with E-state index in [0.29, 0.717) is 17.2 Å². The highest BCUT2D eigenvalue weighted by atomic mass is 35.5. The second-order valence-electron chi connectivity index (χ2n) is 5.23. The third kappa shape index (κ3) is 7.66. The Morgan fingerprint density at radius 2 is 2.00 bits per heavy atom. The summed E-state index contributed by atoms with van der Waals surface area (Å²) in [7, 11) is 0. The molecule has 0 spiro atoms. The summed E-state index contributed by atoms with van der Waals surface area (Å²) in [5.41, 5.74) is 5.82. The van der Waals surface area contributed by atoms with Crippen LogP contribution in [0.2, 0.25) is 5.02 Å². The second kappa shape index (κ2) is 10.8. The van der Waals surface area contributed by atoms with Crippen molar-refractivity contribution in [3.05, 3.63) is 34.9 Å². The van der Waals surface area contributed by atoms with Gasteiger partial charge in [0.1, 0.15) is 6.04 Å². The molecule has 0 aliphatic heterocycles. The lowest BCUT2D eigenvalue weighted by molar-refractivity contribution is -0.156. The maximum Gasteiger partial charge on any atom is 0.329 e. The molecule has 0 aliphatic carbocycles. The zero-order valence-corrected chi connectivity index (χ0v) is 15.7. The van der Waals surface area contributed by atoms with Crippen LogP contribution in [-0.2, 0) is 20.9 Å². The van der Waals surface area contributed by atoms with E-state index < -0.39 is 30.1 Å². The number of rotatable bonds is 9. The van der Waals surface area contributed by atoms with Crippen LogP contribution >= 0.6 is 23.4 Å². The molecule has 0 fully saturated rings. The molecule has 0 saturated carbocycles. The Labute approximate surface area is 156 Å². The van der Waals surface area contributed by atoms with E-state index in [1.165, 1.54) is 18.7 Å². The minimum atomic E-state index is -1.01. The van der Waals surface area contributed by atoms with Crippen LogP contribution in [0.5, 0.6) is 0 Å². The lowest BCUT2D eigenvalue weighted by Gasteiger charge is -2.19. The maximum atomic E-state index is 12.1. The molecule has 0 bridgehead atoms. The first-order valence-corrected chi connectivity index (χ1v) is 9.38. The van der Waals surface area contributed by atoms with Gasteiger partial charge in [-0.2, -0.15) is 11.8 Å². The SMILES string of the molecule is CSCC[C@@H](NC(N)=O)C(=O)O[C@@H](C)C(=O)NCc1ccccc1Cl. The minimum absolute atomic E-state index is 0.218. The zero-order valence-electron chi connectivity index (χ0n) is 14.1. The molecule has 3 amide bonds. The lowest BCUT2D eigenvalue weighted by Crippen LogP contribution is -2.47. The molecule has 2 atom stereocenters. The molecular weight excluding hydrogens is 366 g/mol. The van der Waals surface area contributed by atoms with E-state index in [-0.39, 0.29) is 6.54 Å². The smallest absolute Gasteiger partial charge is 0.329 e. The zero-order chi connectivity index (χ0) is 18.8. The molecule has 0 aromatic heterocycles. The number of carbonyl (C=O) groups is 3. The Hall–Kier alpha value is -1.93. The first-order chi connectivity index (χ1) is 11.8. The summed E-state index contributed by atoms with van der Waals surface area (Å²) >= 11 is 7.53. The van der Waals surface area contributed by atoms with Crippen molar-refractivity contribution < 1.29 is 19.1 Å². The highest BCUT2D eigenvalue weighted by Crippen LogP contribution is 2.14. The fourth-order valence-electron chi connectivity index (χ4n) is 1.93. The van der Waals surface area contributed by atoms with Gasteiger partial charge in [-0.05, 0) is 37.0 Å². The number of nitrogens with two attached hydrogens (primary N) is 1. The summed E-state index contributed by atoms with van der Waals surface area (Å²) < 4.78 is 5.13. The number of esters is 1. The molecular formula is C16H22ClN3O4S. The minimum Gasteiger partial charge on any atom is -0.451 e. The van der Waals surface area contributed by atoms with E-state index in [0.717, 1.165) is 5.56 Å². The molecule has 9 heteroatoms. The van der Waals surface area contributed by atoms with Gasteiger partial charge < -0.3 is 21.1 Å². The number of urea groups is 1. The van der Waals surface area contributed by atoms with Crippen molar-refractivity contribution in [1.82, 2.24) is 10.6 Å². The van der Waals surface area contributed by atoms with Crippen LogP contribution in [0, 0.1) is 0 Å². The van der Waals surface area contributed by atoms with Crippen LogP contribution in [0.25, 0.3) is 0 Å². The Morgan fingerprint density at radius 3 is 2.60 bits per heavy atom. The second-order valence-corrected chi connectivity index (χ2v) is 6.62. The largest absolute Gasteiger partial charge is 0.451 e. The molecule has 4 N–H and O–H groups in total. The monoisotopic (exact) mass is 387 g/mol. The van der Waals surface area contributed by atoms with Crippen molar-refractivity contribution in [2.75, 3.05) is 12.0 Å². The van der Waals surface area contributed by atoms with Gasteiger partial charge >= 0.3 is 12.0 Å². The molecule has 0 saturated heterocycles. The highest BCUT2D eigenvalue weighted by molar-refractivity contribution is 7.98. The molecule has 25 heavy (non-hydrogen) atoms. The van der Waals surface area contributed by atoms with Gasteiger partial charge in [0.2, 0.25) is 0 Å². The van der Waals surface area contributed by atoms with Crippen LogP contribution in [0.4, 0.5) is 4.79 Å². The average Bonchev–Trinajstić information content (AvgIpc) is 2.57. The molecule has 0 radical (unpaired) electrons. The summed E-state index contributed by atoms with van der Waals surface area (Å²) in [5, 5.41) is 5.51. The van der Waals surface area contributed by atoms with Gasteiger partial charge in [0.15, 0.2) is 6.10 Å². The number of benzene rings is 1. The Morgan fingerprint density at radius 1 is 1.32 bits per heavy atom.